The van der Waals surface area contributed by atoms with Crippen LogP contribution in [-0.4, -0.2) is 29.5 Å². The quantitative estimate of drug-likeness (QED) is 0.274. The van der Waals surface area contributed by atoms with Crippen molar-refractivity contribution in [2.75, 3.05) is 11.9 Å². The van der Waals surface area contributed by atoms with E-state index in [1.807, 2.05) is 25.1 Å². The van der Waals surface area contributed by atoms with Crippen LogP contribution in [0.1, 0.15) is 54.5 Å². The number of carboxylic acid groups (broad SMARTS) is 1. The molecule has 10 heteroatoms. The van der Waals surface area contributed by atoms with Gasteiger partial charge < -0.3 is 20.5 Å². The van der Waals surface area contributed by atoms with E-state index in [9.17, 15) is 19.5 Å². The average Bonchev–Trinajstić information content (AvgIpc) is 3.17. The van der Waals surface area contributed by atoms with Crippen molar-refractivity contribution in [3.63, 3.8) is 0 Å². The maximum atomic E-state index is 14.3. The molecule has 5 rings (SSSR count). The molecule has 2 heterocycles. The molecule has 3 aromatic carbocycles. The molecular formula is C30H27BrCl2N2O5. The van der Waals surface area contributed by atoms with Gasteiger partial charge in [-0.15, -0.1) is 0 Å². The van der Waals surface area contributed by atoms with E-state index in [2.05, 4.69) is 26.6 Å². The highest BCUT2D eigenvalue weighted by Gasteiger charge is 2.62. The Morgan fingerprint density at radius 2 is 1.77 bits per heavy atom. The van der Waals surface area contributed by atoms with Crippen LogP contribution in [0.5, 0.6) is 5.75 Å². The molecule has 0 aromatic heterocycles. The number of hydrogen-bond acceptors (Lipinski definition) is 4. The third kappa shape index (κ3) is 4.76. The topological polar surface area (TPSA) is 105 Å². The molecule has 208 valence electrons. The summed E-state index contributed by atoms with van der Waals surface area (Å²) in [6.45, 7) is 4.94. The number of hydrogen-bond donors (Lipinski definition) is 3. The van der Waals surface area contributed by atoms with Crippen molar-refractivity contribution in [2.24, 2.45) is 5.41 Å². The van der Waals surface area contributed by atoms with Crippen molar-refractivity contribution in [2.45, 2.75) is 44.6 Å². The summed E-state index contributed by atoms with van der Waals surface area (Å²) < 4.78 is 6.81. The zero-order valence-corrected chi connectivity index (χ0v) is 25.1. The Hall–Kier alpha value is -3.07. The Bertz CT molecular complexity index is 1560. The molecule has 7 nitrogen and oxygen atoms in total. The highest BCUT2D eigenvalue weighted by molar-refractivity contribution is 9.10. The van der Waals surface area contributed by atoms with E-state index >= 15 is 0 Å². The molecule has 3 atom stereocenters. The number of anilines is 1. The van der Waals surface area contributed by atoms with Gasteiger partial charge >= 0.3 is 5.97 Å². The van der Waals surface area contributed by atoms with Crippen LogP contribution >= 0.6 is 39.1 Å². The molecule has 1 saturated heterocycles. The van der Waals surface area contributed by atoms with Crippen molar-refractivity contribution in [3.8, 4) is 5.75 Å². The summed E-state index contributed by atoms with van der Waals surface area (Å²) in [5, 5.41) is 16.7. The second-order valence-electron chi connectivity index (χ2n) is 10.9. The number of carbonyl (C=O) groups is 3. The summed E-state index contributed by atoms with van der Waals surface area (Å²) in [5.41, 5.74) is 0.991. The van der Waals surface area contributed by atoms with Gasteiger partial charge in [0, 0.05) is 38.1 Å². The first-order valence-corrected chi connectivity index (χ1v) is 14.2. The minimum atomic E-state index is -1.30. The molecular weight excluding hydrogens is 619 g/mol. The van der Waals surface area contributed by atoms with Crippen LogP contribution in [0, 0.1) is 12.3 Å². The van der Waals surface area contributed by atoms with E-state index in [0.29, 0.717) is 37.1 Å². The number of halogens is 3. The Morgan fingerprint density at radius 1 is 1.07 bits per heavy atom. The summed E-state index contributed by atoms with van der Waals surface area (Å²) in [6.07, 6.45) is 0.0450. The minimum Gasteiger partial charge on any atom is -0.492 e. The molecule has 0 aliphatic carbocycles. The van der Waals surface area contributed by atoms with E-state index in [0.717, 1.165) is 11.1 Å². The number of rotatable bonds is 6. The van der Waals surface area contributed by atoms with Gasteiger partial charge in [0.25, 0.3) is 0 Å². The van der Waals surface area contributed by atoms with Crippen molar-refractivity contribution in [3.05, 3.63) is 91.4 Å². The maximum Gasteiger partial charge on any atom is 0.312 e. The fourth-order valence-electron chi connectivity index (χ4n) is 5.70. The molecule has 0 saturated carbocycles. The van der Waals surface area contributed by atoms with Crippen LogP contribution in [0.25, 0.3) is 0 Å². The number of fused-ring (bicyclic) bond motifs is 2. The zero-order valence-electron chi connectivity index (χ0n) is 22.0. The fourth-order valence-corrected chi connectivity index (χ4v) is 6.44. The average molecular weight is 646 g/mol. The van der Waals surface area contributed by atoms with Crippen LogP contribution < -0.4 is 15.4 Å². The Kier molecular flexibility index (Phi) is 7.40. The summed E-state index contributed by atoms with van der Waals surface area (Å²) in [4.78, 5) is 39.5. The number of aryl methyl sites for hydroxylation is 1. The second-order valence-corrected chi connectivity index (χ2v) is 12.7. The normalized spacial score (nSPS) is 22.1. The van der Waals surface area contributed by atoms with Gasteiger partial charge in [0.15, 0.2) is 0 Å². The number of carboxylic acids is 1. The molecule has 1 fully saturated rings. The highest BCUT2D eigenvalue weighted by atomic mass is 79.9. The number of aliphatic carboxylic acids is 1. The van der Waals surface area contributed by atoms with E-state index in [4.69, 9.17) is 27.9 Å². The molecule has 2 aliphatic heterocycles. The molecule has 0 bridgehead atoms. The van der Waals surface area contributed by atoms with Crippen LogP contribution in [0.15, 0.2) is 59.1 Å². The Labute approximate surface area is 250 Å². The molecule has 2 aliphatic rings. The monoisotopic (exact) mass is 644 g/mol. The van der Waals surface area contributed by atoms with Crippen LogP contribution in [0.3, 0.4) is 0 Å². The minimum absolute atomic E-state index is 0.0450. The molecule has 0 unspecified atom stereocenters. The molecule has 2 amide bonds. The predicted molar refractivity (Wildman–Crippen MR) is 157 cm³/mol. The van der Waals surface area contributed by atoms with Gasteiger partial charge in [-0.3, -0.25) is 14.4 Å². The first-order valence-electron chi connectivity index (χ1n) is 12.7. The third-order valence-electron chi connectivity index (χ3n) is 7.82. The first kappa shape index (κ1) is 28.5. The lowest BCUT2D eigenvalue weighted by atomic mass is 9.58. The predicted octanol–water partition coefficient (Wildman–Crippen LogP) is 6.79. The van der Waals surface area contributed by atoms with Crippen LogP contribution in [0.2, 0.25) is 10.0 Å². The van der Waals surface area contributed by atoms with Gasteiger partial charge in [-0.25, -0.2) is 0 Å². The number of benzene rings is 3. The Morgan fingerprint density at radius 3 is 2.50 bits per heavy atom. The van der Waals surface area contributed by atoms with Crippen molar-refractivity contribution in [1.82, 2.24) is 5.32 Å². The lowest BCUT2D eigenvalue weighted by Crippen LogP contribution is -2.57. The lowest BCUT2D eigenvalue weighted by Gasteiger charge is -2.47. The lowest BCUT2D eigenvalue weighted by molar-refractivity contribution is -0.148. The molecule has 1 spiro atoms. The molecule has 3 N–H and O–H groups in total. The van der Waals surface area contributed by atoms with Gasteiger partial charge in [0.1, 0.15) is 17.8 Å². The van der Waals surface area contributed by atoms with E-state index in [1.165, 1.54) is 0 Å². The summed E-state index contributed by atoms with van der Waals surface area (Å²) in [6, 6.07) is 15.1. The van der Waals surface area contributed by atoms with E-state index in [1.54, 1.807) is 50.2 Å². The second kappa shape index (κ2) is 10.4. The Balaban J connectivity index is 1.77. The van der Waals surface area contributed by atoms with Gasteiger partial charge in [0.2, 0.25) is 11.8 Å². The van der Waals surface area contributed by atoms with Gasteiger partial charge in [-0.2, -0.15) is 0 Å². The number of amides is 2. The van der Waals surface area contributed by atoms with Crippen LogP contribution in [-0.2, 0) is 19.8 Å². The number of ether oxygens (including phenoxy) is 1. The third-order valence-corrected chi connectivity index (χ3v) is 8.78. The molecule has 0 radical (unpaired) electrons. The number of carbonyl (C=O) groups excluding carboxylic acids is 2. The molecule has 3 aromatic rings. The summed E-state index contributed by atoms with van der Waals surface area (Å²) in [5.74, 6) is -1.77. The van der Waals surface area contributed by atoms with E-state index in [-0.39, 0.29) is 24.8 Å². The van der Waals surface area contributed by atoms with Gasteiger partial charge in [-0.05, 0) is 79.9 Å². The molecule has 40 heavy (non-hydrogen) atoms. The highest BCUT2D eigenvalue weighted by Crippen LogP contribution is 2.59. The number of nitrogens with one attached hydrogen (secondary N) is 2. The standard InChI is InChI=1S/C30H27BrCl2N2O5/c1-15-4-6-17(32)11-19(15)22-13-25(36)35-26(30(22)21-8-7-18(33)12-23(21)34-27(30)37)20-10-16(31)5-9-24(20)40-14-29(2,3)28(38)39/h4-12,22,26H,13-14H2,1-3H3,(H,34,37)(H,35,36)(H,38,39)/t22-,26+,30-/m0/s1. The number of piperidine rings is 1. The van der Waals surface area contributed by atoms with Crippen molar-refractivity contribution < 1.29 is 24.2 Å². The van der Waals surface area contributed by atoms with Gasteiger partial charge in [-0.1, -0.05) is 51.3 Å². The smallest absolute Gasteiger partial charge is 0.312 e. The summed E-state index contributed by atoms with van der Waals surface area (Å²) in [7, 11) is 0. The van der Waals surface area contributed by atoms with Gasteiger partial charge in [0.05, 0.1) is 11.5 Å². The SMILES string of the molecule is Cc1ccc(Cl)cc1[C@@H]1CC(=O)N[C@H](c2cc(Br)ccc2OCC(C)(C)C(=O)O)[C@@]12C(=O)Nc1cc(Cl)ccc12. The van der Waals surface area contributed by atoms with Crippen molar-refractivity contribution in [1.29, 1.82) is 0 Å². The largest absolute Gasteiger partial charge is 0.492 e. The fraction of sp³-hybridized carbons (Fsp3) is 0.300. The first-order chi connectivity index (χ1) is 18.8. The van der Waals surface area contributed by atoms with Crippen molar-refractivity contribution >= 4 is 62.6 Å². The summed E-state index contributed by atoms with van der Waals surface area (Å²) >= 11 is 16.3. The van der Waals surface area contributed by atoms with Crippen LogP contribution in [0.4, 0.5) is 5.69 Å². The maximum absolute atomic E-state index is 14.3. The van der Waals surface area contributed by atoms with E-state index < -0.39 is 28.8 Å². The zero-order chi connectivity index (χ0) is 29.0.